The van der Waals surface area contributed by atoms with Crippen LogP contribution >= 0.6 is 0 Å². The molecule has 1 amide bonds. The zero-order valence-electron chi connectivity index (χ0n) is 23.9. The summed E-state index contributed by atoms with van der Waals surface area (Å²) in [6, 6.07) is 9.61. The van der Waals surface area contributed by atoms with Crippen LogP contribution in [0.5, 0.6) is 11.5 Å². The van der Waals surface area contributed by atoms with Gasteiger partial charge in [0.25, 0.3) is 0 Å². The summed E-state index contributed by atoms with van der Waals surface area (Å²) < 4.78 is 13.3. The van der Waals surface area contributed by atoms with Crippen LogP contribution < -0.4 is 15.4 Å². The van der Waals surface area contributed by atoms with E-state index in [4.69, 9.17) is 14.5 Å². The number of benzene rings is 1. The van der Waals surface area contributed by atoms with E-state index in [1.807, 2.05) is 58.0 Å². The second kappa shape index (κ2) is 11.1. The Balaban J connectivity index is 1.13. The summed E-state index contributed by atoms with van der Waals surface area (Å²) in [5, 5.41) is 10.9. The minimum absolute atomic E-state index is 0.128. The standard InChI is InChI=1S/C29H32N10O3/c1-18-13-20(5-6-23(18)41-21-9-12-39-24(14-21)32-17-34-39)35-26-25-22(31-16-33-26)15-30-27(37-25)36-19-7-10-38(11-8-19)28(40)42-29(2,3)4/h5-6,9,12-17,19H,7-8,10-11H2,1-4H3,(H,30,36,37)(H,31,33,35). The molecule has 42 heavy (non-hydrogen) atoms. The molecule has 2 N–H and O–H groups in total. The van der Waals surface area contributed by atoms with Crippen molar-refractivity contribution in [1.82, 2.24) is 39.4 Å². The molecule has 13 heteroatoms. The molecular formula is C29H32N10O3. The number of hydrogen-bond acceptors (Lipinski definition) is 11. The van der Waals surface area contributed by atoms with Crippen molar-refractivity contribution in [3.63, 3.8) is 0 Å². The van der Waals surface area contributed by atoms with Crippen molar-refractivity contribution in [2.75, 3.05) is 23.7 Å². The van der Waals surface area contributed by atoms with Gasteiger partial charge in [0.05, 0.1) is 6.20 Å². The molecule has 1 aromatic carbocycles. The molecule has 0 spiro atoms. The fraction of sp³-hybridized carbons (Fsp3) is 0.345. The van der Waals surface area contributed by atoms with E-state index >= 15 is 0 Å². The first-order valence-electron chi connectivity index (χ1n) is 13.8. The van der Waals surface area contributed by atoms with Gasteiger partial charge in [0.1, 0.15) is 40.8 Å². The normalized spacial score (nSPS) is 14.2. The highest BCUT2D eigenvalue weighted by Crippen LogP contribution is 2.30. The van der Waals surface area contributed by atoms with E-state index in [1.165, 1.54) is 12.7 Å². The first-order chi connectivity index (χ1) is 20.2. The number of nitrogens with zero attached hydrogens (tertiary/aromatic N) is 8. The fourth-order valence-electron chi connectivity index (χ4n) is 4.70. The second-order valence-corrected chi connectivity index (χ2v) is 11.2. The molecule has 1 aliphatic rings. The van der Waals surface area contributed by atoms with E-state index in [0.717, 1.165) is 29.8 Å². The van der Waals surface area contributed by atoms with Gasteiger partial charge in [0.15, 0.2) is 11.5 Å². The van der Waals surface area contributed by atoms with Crippen LogP contribution in [-0.2, 0) is 4.74 Å². The Hall–Kier alpha value is -5.07. The Morgan fingerprint density at radius 3 is 2.64 bits per heavy atom. The molecule has 0 radical (unpaired) electrons. The van der Waals surface area contributed by atoms with Gasteiger partial charge in [0.2, 0.25) is 5.95 Å². The van der Waals surface area contributed by atoms with E-state index < -0.39 is 5.60 Å². The maximum Gasteiger partial charge on any atom is 0.410 e. The lowest BCUT2D eigenvalue weighted by Gasteiger charge is -2.33. The lowest BCUT2D eigenvalue weighted by atomic mass is 10.1. The lowest BCUT2D eigenvalue weighted by Crippen LogP contribution is -2.44. The van der Waals surface area contributed by atoms with Crippen LogP contribution in [0.1, 0.15) is 39.2 Å². The number of likely N-dealkylation sites (tertiary alicyclic amines) is 1. The van der Waals surface area contributed by atoms with Crippen LogP contribution in [0.3, 0.4) is 0 Å². The summed E-state index contributed by atoms with van der Waals surface area (Å²) in [4.78, 5) is 36.3. The maximum absolute atomic E-state index is 12.4. The molecule has 216 valence electrons. The molecule has 0 unspecified atom stereocenters. The quantitative estimate of drug-likeness (QED) is 0.282. The lowest BCUT2D eigenvalue weighted by molar-refractivity contribution is 0.0210. The van der Waals surface area contributed by atoms with Gasteiger partial charge in [-0.3, -0.25) is 0 Å². The Bertz CT molecular complexity index is 1740. The van der Waals surface area contributed by atoms with Gasteiger partial charge in [-0.1, -0.05) is 0 Å². The number of piperidine rings is 1. The number of pyridine rings is 1. The molecule has 1 saturated heterocycles. The van der Waals surface area contributed by atoms with Crippen molar-refractivity contribution >= 4 is 40.2 Å². The Kier molecular flexibility index (Phi) is 7.15. The molecule has 5 heterocycles. The van der Waals surface area contributed by atoms with E-state index in [1.54, 1.807) is 21.8 Å². The molecule has 4 aromatic heterocycles. The van der Waals surface area contributed by atoms with E-state index in [9.17, 15) is 4.79 Å². The van der Waals surface area contributed by atoms with Gasteiger partial charge in [0, 0.05) is 37.1 Å². The average molecular weight is 569 g/mol. The largest absolute Gasteiger partial charge is 0.457 e. The van der Waals surface area contributed by atoms with Crippen molar-refractivity contribution in [3.05, 3.63) is 60.9 Å². The average Bonchev–Trinajstić information content (AvgIpc) is 3.42. The molecule has 5 aromatic rings. The highest BCUT2D eigenvalue weighted by Gasteiger charge is 2.27. The zero-order chi connectivity index (χ0) is 29.3. The number of aromatic nitrogens is 7. The molecule has 1 fully saturated rings. The van der Waals surface area contributed by atoms with Crippen molar-refractivity contribution in [1.29, 1.82) is 0 Å². The van der Waals surface area contributed by atoms with Gasteiger partial charge in [-0.05, 0) is 70.4 Å². The molecule has 6 rings (SSSR count). The van der Waals surface area contributed by atoms with Gasteiger partial charge < -0.3 is 25.0 Å². The number of fused-ring (bicyclic) bond motifs is 2. The number of rotatable bonds is 6. The third-order valence-electron chi connectivity index (χ3n) is 6.77. The van der Waals surface area contributed by atoms with Crippen LogP contribution in [0.4, 0.5) is 22.2 Å². The first-order valence-corrected chi connectivity index (χ1v) is 13.8. The van der Waals surface area contributed by atoms with Crippen molar-refractivity contribution < 1.29 is 14.3 Å². The van der Waals surface area contributed by atoms with Crippen molar-refractivity contribution in [2.45, 2.75) is 52.2 Å². The second-order valence-electron chi connectivity index (χ2n) is 11.2. The molecule has 0 saturated carbocycles. The number of ether oxygens (including phenoxy) is 2. The number of nitrogens with one attached hydrogen (secondary N) is 2. The summed E-state index contributed by atoms with van der Waals surface area (Å²) in [6.45, 7) is 8.80. The summed E-state index contributed by atoms with van der Waals surface area (Å²) >= 11 is 0. The minimum Gasteiger partial charge on any atom is -0.457 e. The Labute approximate surface area is 242 Å². The Morgan fingerprint density at radius 2 is 1.86 bits per heavy atom. The van der Waals surface area contributed by atoms with E-state index in [2.05, 4.69) is 35.7 Å². The summed E-state index contributed by atoms with van der Waals surface area (Å²) in [5.74, 6) is 2.45. The molecular weight excluding hydrogens is 536 g/mol. The number of aryl methyl sites for hydroxylation is 1. The SMILES string of the molecule is Cc1cc(Nc2ncnc3cnc(NC4CCN(C(=O)OC(C)(C)C)CC4)nc23)ccc1Oc1ccn2ncnc2c1. The van der Waals surface area contributed by atoms with Gasteiger partial charge in [-0.2, -0.15) is 5.10 Å². The van der Waals surface area contributed by atoms with Crippen LogP contribution in [0, 0.1) is 6.92 Å². The van der Waals surface area contributed by atoms with Gasteiger partial charge >= 0.3 is 6.09 Å². The molecule has 0 bridgehead atoms. The minimum atomic E-state index is -0.512. The van der Waals surface area contributed by atoms with Crippen LogP contribution in [0.15, 0.2) is 55.4 Å². The van der Waals surface area contributed by atoms with E-state index in [0.29, 0.717) is 47.3 Å². The number of hydrogen-bond donors (Lipinski definition) is 2. The van der Waals surface area contributed by atoms with Gasteiger partial charge in [-0.15, -0.1) is 0 Å². The molecule has 0 aliphatic carbocycles. The number of amides is 1. The topological polar surface area (TPSA) is 145 Å². The first kappa shape index (κ1) is 27.1. The predicted octanol–water partition coefficient (Wildman–Crippen LogP) is 5.12. The Morgan fingerprint density at radius 1 is 1.02 bits per heavy atom. The zero-order valence-corrected chi connectivity index (χ0v) is 23.9. The van der Waals surface area contributed by atoms with Crippen molar-refractivity contribution in [2.24, 2.45) is 0 Å². The number of carbonyl (C=O) groups excluding carboxylic acids is 1. The highest BCUT2D eigenvalue weighted by molar-refractivity contribution is 5.87. The molecule has 1 aliphatic heterocycles. The number of carbonyl (C=O) groups is 1. The van der Waals surface area contributed by atoms with Crippen LogP contribution in [0.25, 0.3) is 16.7 Å². The van der Waals surface area contributed by atoms with E-state index in [-0.39, 0.29) is 12.1 Å². The number of anilines is 3. The van der Waals surface area contributed by atoms with Crippen LogP contribution in [-0.4, -0.2) is 70.3 Å². The maximum atomic E-state index is 12.4. The monoisotopic (exact) mass is 568 g/mol. The summed E-state index contributed by atoms with van der Waals surface area (Å²) in [7, 11) is 0. The summed E-state index contributed by atoms with van der Waals surface area (Å²) in [6.07, 6.45) is 7.72. The highest BCUT2D eigenvalue weighted by atomic mass is 16.6. The third kappa shape index (κ3) is 6.14. The molecule has 13 nitrogen and oxygen atoms in total. The summed E-state index contributed by atoms with van der Waals surface area (Å²) in [5.41, 5.74) is 3.19. The van der Waals surface area contributed by atoms with Crippen LogP contribution in [0.2, 0.25) is 0 Å². The predicted molar refractivity (Wildman–Crippen MR) is 157 cm³/mol. The molecule has 0 atom stereocenters. The fourth-order valence-corrected chi connectivity index (χ4v) is 4.70. The smallest absolute Gasteiger partial charge is 0.410 e. The third-order valence-corrected chi connectivity index (χ3v) is 6.77. The van der Waals surface area contributed by atoms with Gasteiger partial charge in [-0.25, -0.2) is 34.2 Å². The van der Waals surface area contributed by atoms with Crippen molar-refractivity contribution in [3.8, 4) is 11.5 Å².